The Labute approximate surface area is 56.4 Å². The van der Waals surface area contributed by atoms with Crippen molar-refractivity contribution in [2.45, 2.75) is 20.3 Å². The number of rotatable bonds is 4. The van der Waals surface area contributed by atoms with Crippen molar-refractivity contribution in [2.75, 3.05) is 11.5 Å². The van der Waals surface area contributed by atoms with Crippen LogP contribution >= 0.6 is 11.8 Å². The van der Waals surface area contributed by atoms with E-state index in [1.54, 1.807) is 0 Å². The lowest BCUT2D eigenvalue weighted by molar-refractivity contribution is 1.22. The molecule has 0 unspecified atom stereocenters. The van der Waals surface area contributed by atoms with E-state index in [1.165, 1.54) is 17.9 Å². The maximum atomic E-state index is 2.23. The highest BCUT2D eigenvalue weighted by atomic mass is 32.2. The molecule has 0 N–H and O–H groups in total. The highest BCUT2D eigenvalue weighted by molar-refractivity contribution is 7.99. The van der Waals surface area contributed by atoms with E-state index in [9.17, 15) is 0 Å². The second-order valence-electron chi connectivity index (χ2n) is 1.54. The van der Waals surface area contributed by atoms with Gasteiger partial charge >= 0.3 is 0 Å². The topological polar surface area (TPSA) is 0 Å². The Balaban J connectivity index is 2.80. The van der Waals surface area contributed by atoms with E-state index in [2.05, 4.69) is 26.0 Å². The lowest BCUT2D eigenvalue weighted by Gasteiger charge is -1.86. The SMILES string of the molecule is CC/C=C\CSCC. The molecule has 0 saturated heterocycles. The fourth-order valence-electron chi connectivity index (χ4n) is 0.421. The number of hydrogen-bond donors (Lipinski definition) is 0. The summed E-state index contributed by atoms with van der Waals surface area (Å²) in [6.45, 7) is 4.34. The normalized spacial score (nSPS) is 10.8. The highest BCUT2D eigenvalue weighted by Gasteiger charge is 1.74. The zero-order chi connectivity index (χ0) is 6.24. The smallest absolute Gasteiger partial charge is 0.0113 e. The molecule has 0 spiro atoms. The van der Waals surface area contributed by atoms with Gasteiger partial charge in [0, 0.05) is 5.75 Å². The standard InChI is InChI=1S/C7H14S/c1-3-5-6-7-8-4-2/h5-6H,3-4,7H2,1-2H3/b6-5-. The molecule has 48 valence electrons. The zero-order valence-corrected chi connectivity index (χ0v) is 6.50. The third kappa shape index (κ3) is 6.09. The maximum absolute atomic E-state index is 2.23. The molecule has 0 fully saturated rings. The summed E-state index contributed by atoms with van der Waals surface area (Å²) in [6.07, 6.45) is 5.61. The number of thioether (sulfide) groups is 1. The van der Waals surface area contributed by atoms with Gasteiger partial charge in [-0.3, -0.25) is 0 Å². The molecule has 0 aromatic heterocycles. The molecule has 0 radical (unpaired) electrons. The van der Waals surface area contributed by atoms with Gasteiger partial charge in [0.2, 0.25) is 0 Å². The van der Waals surface area contributed by atoms with Crippen LogP contribution in [0.3, 0.4) is 0 Å². The number of allylic oxidation sites excluding steroid dienone is 1. The van der Waals surface area contributed by atoms with Crippen molar-refractivity contribution in [3.05, 3.63) is 12.2 Å². The molecule has 0 aliphatic rings. The quantitative estimate of drug-likeness (QED) is 0.416. The fourth-order valence-corrected chi connectivity index (χ4v) is 0.928. The van der Waals surface area contributed by atoms with Gasteiger partial charge < -0.3 is 0 Å². The first-order valence-corrected chi connectivity index (χ1v) is 4.30. The van der Waals surface area contributed by atoms with Crippen LogP contribution in [0.15, 0.2) is 12.2 Å². The van der Waals surface area contributed by atoms with Crippen molar-refractivity contribution in [1.29, 1.82) is 0 Å². The molecule has 0 aromatic rings. The van der Waals surface area contributed by atoms with E-state index >= 15 is 0 Å². The van der Waals surface area contributed by atoms with Crippen LogP contribution in [-0.4, -0.2) is 11.5 Å². The van der Waals surface area contributed by atoms with Gasteiger partial charge in [0.25, 0.3) is 0 Å². The van der Waals surface area contributed by atoms with Gasteiger partial charge in [0.05, 0.1) is 0 Å². The predicted octanol–water partition coefficient (Wildman–Crippen LogP) is 2.71. The largest absolute Gasteiger partial charge is 0.158 e. The second-order valence-corrected chi connectivity index (χ2v) is 2.86. The highest BCUT2D eigenvalue weighted by Crippen LogP contribution is 1.97. The van der Waals surface area contributed by atoms with Crippen molar-refractivity contribution >= 4 is 11.8 Å². The van der Waals surface area contributed by atoms with Gasteiger partial charge in [-0.05, 0) is 12.2 Å². The molecule has 0 aliphatic heterocycles. The van der Waals surface area contributed by atoms with Gasteiger partial charge in [0.1, 0.15) is 0 Å². The third-order valence-electron chi connectivity index (χ3n) is 0.821. The van der Waals surface area contributed by atoms with Crippen molar-refractivity contribution in [1.82, 2.24) is 0 Å². The molecule has 0 saturated carbocycles. The first-order valence-electron chi connectivity index (χ1n) is 3.14. The minimum atomic E-state index is 1.17. The Morgan fingerprint density at radius 1 is 1.25 bits per heavy atom. The van der Waals surface area contributed by atoms with Crippen molar-refractivity contribution in [3.63, 3.8) is 0 Å². The molecular formula is C7H14S. The second kappa shape index (κ2) is 7.09. The maximum Gasteiger partial charge on any atom is 0.0113 e. The minimum Gasteiger partial charge on any atom is -0.158 e. The molecule has 1 heteroatoms. The Bertz CT molecular complexity index is 57.4. The summed E-state index contributed by atoms with van der Waals surface area (Å²) >= 11 is 1.96. The minimum absolute atomic E-state index is 1.17. The van der Waals surface area contributed by atoms with Crippen LogP contribution < -0.4 is 0 Å². The predicted molar refractivity (Wildman–Crippen MR) is 42.4 cm³/mol. The van der Waals surface area contributed by atoms with E-state index < -0.39 is 0 Å². The molecule has 0 aromatic carbocycles. The van der Waals surface area contributed by atoms with E-state index in [1.807, 2.05) is 11.8 Å². The Morgan fingerprint density at radius 3 is 2.50 bits per heavy atom. The molecular weight excluding hydrogens is 116 g/mol. The summed E-state index contributed by atoms with van der Waals surface area (Å²) < 4.78 is 0. The van der Waals surface area contributed by atoms with E-state index in [0.29, 0.717) is 0 Å². The van der Waals surface area contributed by atoms with Crippen molar-refractivity contribution < 1.29 is 0 Å². The average Bonchev–Trinajstić information content (AvgIpc) is 1.81. The van der Waals surface area contributed by atoms with Gasteiger partial charge in [-0.2, -0.15) is 11.8 Å². The van der Waals surface area contributed by atoms with Crippen LogP contribution in [0.2, 0.25) is 0 Å². The van der Waals surface area contributed by atoms with Crippen LogP contribution in [0.25, 0.3) is 0 Å². The first-order chi connectivity index (χ1) is 3.91. The molecule has 0 rings (SSSR count). The molecule has 0 bridgehead atoms. The van der Waals surface area contributed by atoms with E-state index in [0.717, 1.165) is 0 Å². The molecule has 8 heavy (non-hydrogen) atoms. The average molecular weight is 130 g/mol. The summed E-state index contributed by atoms with van der Waals surface area (Å²) in [5.41, 5.74) is 0. The van der Waals surface area contributed by atoms with Crippen LogP contribution in [0.1, 0.15) is 20.3 Å². The van der Waals surface area contributed by atoms with Crippen molar-refractivity contribution in [2.24, 2.45) is 0 Å². The Hall–Kier alpha value is 0.0900. The lowest BCUT2D eigenvalue weighted by atomic mass is 10.4. The van der Waals surface area contributed by atoms with E-state index in [-0.39, 0.29) is 0 Å². The van der Waals surface area contributed by atoms with Gasteiger partial charge in [-0.15, -0.1) is 0 Å². The van der Waals surface area contributed by atoms with Crippen LogP contribution in [0.4, 0.5) is 0 Å². The monoisotopic (exact) mass is 130 g/mol. The lowest BCUT2D eigenvalue weighted by Crippen LogP contribution is -1.70. The molecule has 0 amide bonds. The Morgan fingerprint density at radius 2 is 2.00 bits per heavy atom. The van der Waals surface area contributed by atoms with E-state index in [4.69, 9.17) is 0 Å². The third-order valence-corrected chi connectivity index (χ3v) is 1.66. The molecule has 0 nitrogen and oxygen atoms in total. The van der Waals surface area contributed by atoms with Crippen molar-refractivity contribution in [3.8, 4) is 0 Å². The van der Waals surface area contributed by atoms with Gasteiger partial charge in [-0.1, -0.05) is 26.0 Å². The number of hydrogen-bond acceptors (Lipinski definition) is 1. The van der Waals surface area contributed by atoms with Crippen LogP contribution in [0.5, 0.6) is 0 Å². The zero-order valence-electron chi connectivity index (χ0n) is 5.68. The summed E-state index contributed by atoms with van der Waals surface area (Å²) in [4.78, 5) is 0. The summed E-state index contributed by atoms with van der Waals surface area (Å²) in [6, 6.07) is 0. The molecule has 0 aliphatic carbocycles. The first kappa shape index (κ1) is 8.09. The Kier molecular flexibility index (Phi) is 7.17. The summed E-state index contributed by atoms with van der Waals surface area (Å²) in [5, 5.41) is 0. The summed E-state index contributed by atoms with van der Waals surface area (Å²) in [5.74, 6) is 2.42. The molecule has 0 atom stereocenters. The summed E-state index contributed by atoms with van der Waals surface area (Å²) in [7, 11) is 0. The van der Waals surface area contributed by atoms with Gasteiger partial charge in [0.15, 0.2) is 0 Å². The van der Waals surface area contributed by atoms with Crippen LogP contribution in [0, 0.1) is 0 Å². The fraction of sp³-hybridized carbons (Fsp3) is 0.714. The molecule has 0 heterocycles. The van der Waals surface area contributed by atoms with Gasteiger partial charge in [-0.25, -0.2) is 0 Å². The van der Waals surface area contributed by atoms with Crippen LogP contribution in [-0.2, 0) is 0 Å².